The van der Waals surface area contributed by atoms with Crippen LogP contribution >= 0.6 is 11.6 Å². The van der Waals surface area contributed by atoms with Crippen LogP contribution in [0.25, 0.3) is 0 Å². The SMILES string of the molecule is CC(C)(C)NCCc1ccc(F)c(Cl)c1. The van der Waals surface area contributed by atoms with E-state index >= 15 is 0 Å². The largest absolute Gasteiger partial charge is 0.312 e. The Bertz CT molecular complexity index is 331. The topological polar surface area (TPSA) is 12.0 Å². The molecule has 0 atom stereocenters. The highest BCUT2D eigenvalue weighted by Crippen LogP contribution is 2.16. The number of hydrogen-bond acceptors (Lipinski definition) is 1. The lowest BCUT2D eigenvalue weighted by Crippen LogP contribution is -2.37. The Morgan fingerprint density at radius 1 is 1.33 bits per heavy atom. The third-order valence-electron chi connectivity index (χ3n) is 2.05. The van der Waals surface area contributed by atoms with E-state index in [1.165, 1.54) is 6.07 Å². The maximum absolute atomic E-state index is 12.9. The van der Waals surface area contributed by atoms with E-state index in [1.807, 2.05) is 0 Å². The van der Waals surface area contributed by atoms with Crippen molar-refractivity contribution in [2.45, 2.75) is 32.7 Å². The second-order valence-corrected chi connectivity index (χ2v) is 5.08. The monoisotopic (exact) mass is 229 g/mol. The Morgan fingerprint density at radius 2 is 2.00 bits per heavy atom. The predicted molar refractivity (Wildman–Crippen MR) is 62.9 cm³/mol. The molecule has 0 aliphatic carbocycles. The molecule has 84 valence electrons. The fourth-order valence-electron chi connectivity index (χ4n) is 1.28. The fraction of sp³-hybridized carbons (Fsp3) is 0.500. The average molecular weight is 230 g/mol. The second-order valence-electron chi connectivity index (χ2n) is 4.68. The van der Waals surface area contributed by atoms with E-state index in [0.29, 0.717) is 0 Å². The number of nitrogens with one attached hydrogen (secondary N) is 1. The molecule has 0 aliphatic heterocycles. The zero-order chi connectivity index (χ0) is 11.5. The van der Waals surface area contributed by atoms with Crippen LogP contribution in [0.2, 0.25) is 5.02 Å². The van der Waals surface area contributed by atoms with Crippen molar-refractivity contribution in [3.8, 4) is 0 Å². The van der Waals surface area contributed by atoms with Crippen molar-refractivity contribution in [1.29, 1.82) is 0 Å². The van der Waals surface area contributed by atoms with Gasteiger partial charge in [-0.25, -0.2) is 4.39 Å². The molecule has 0 unspecified atom stereocenters. The van der Waals surface area contributed by atoms with E-state index in [0.717, 1.165) is 18.5 Å². The number of rotatable bonds is 3. The Hall–Kier alpha value is -0.600. The minimum absolute atomic E-state index is 0.115. The summed E-state index contributed by atoms with van der Waals surface area (Å²) in [5.74, 6) is -0.357. The zero-order valence-corrected chi connectivity index (χ0v) is 10.2. The highest BCUT2D eigenvalue weighted by atomic mass is 35.5. The smallest absolute Gasteiger partial charge is 0.141 e. The zero-order valence-electron chi connectivity index (χ0n) is 9.40. The van der Waals surface area contributed by atoms with Crippen LogP contribution in [0, 0.1) is 5.82 Å². The van der Waals surface area contributed by atoms with E-state index < -0.39 is 0 Å². The first kappa shape index (κ1) is 12.5. The lowest BCUT2D eigenvalue weighted by molar-refractivity contribution is 0.429. The summed E-state index contributed by atoms with van der Waals surface area (Å²) >= 11 is 5.69. The van der Waals surface area contributed by atoms with Crippen molar-refractivity contribution in [3.63, 3.8) is 0 Å². The van der Waals surface area contributed by atoms with Crippen molar-refractivity contribution in [1.82, 2.24) is 5.32 Å². The van der Waals surface area contributed by atoms with Gasteiger partial charge in [0.2, 0.25) is 0 Å². The molecule has 1 rings (SSSR count). The molecule has 0 fully saturated rings. The summed E-state index contributed by atoms with van der Waals surface area (Å²) < 4.78 is 12.9. The summed E-state index contributed by atoms with van der Waals surface area (Å²) in [5, 5.41) is 3.57. The first-order valence-electron chi connectivity index (χ1n) is 5.07. The lowest BCUT2D eigenvalue weighted by atomic mass is 10.1. The summed E-state index contributed by atoms with van der Waals surface area (Å²) in [6, 6.07) is 4.86. The first-order valence-corrected chi connectivity index (χ1v) is 5.45. The molecule has 1 N–H and O–H groups in total. The molecule has 0 spiro atoms. The highest BCUT2D eigenvalue weighted by Gasteiger charge is 2.08. The molecule has 0 saturated heterocycles. The van der Waals surface area contributed by atoms with Crippen LogP contribution in [-0.4, -0.2) is 12.1 Å². The van der Waals surface area contributed by atoms with Gasteiger partial charge in [0.1, 0.15) is 5.82 Å². The maximum Gasteiger partial charge on any atom is 0.141 e. The summed E-state index contributed by atoms with van der Waals surface area (Å²) in [5.41, 5.74) is 1.17. The van der Waals surface area contributed by atoms with Crippen molar-refractivity contribution >= 4 is 11.6 Å². The molecule has 1 aromatic rings. The predicted octanol–water partition coefficient (Wildman–Crippen LogP) is 3.41. The van der Waals surface area contributed by atoms with Gasteiger partial charge in [0.05, 0.1) is 5.02 Å². The summed E-state index contributed by atoms with van der Waals surface area (Å²) in [6.45, 7) is 7.21. The molecule has 0 aromatic heterocycles. The average Bonchev–Trinajstić information content (AvgIpc) is 2.09. The lowest BCUT2D eigenvalue weighted by Gasteiger charge is -2.20. The normalized spacial score (nSPS) is 11.8. The van der Waals surface area contributed by atoms with Crippen LogP contribution in [0.3, 0.4) is 0 Å². The van der Waals surface area contributed by atoms with Gasteiger partial charge in [0, 0.05) is 5.54 Å². The third-order valence-corrected chi connectivity index (χ3v) is 2.34. The van der Waals surface area contributed by atoms with Crippen molar-refractivity contribution in [3.05, 3.63) is 34.6 Å². The van der Waals surface area contributed by atoms with Gasteiger partial charge in [-0.2, -0.15) is 0 Å². The Kier molecular flexibility index (Phi) is 4.12. The standard InChI is InChI=1S/C12H17ClFN/c1-12(2,3)15-7-6-9-4-5-11(14)10(13)8-9/h4-5,8,15H,6-7H2,1-3H3. The molecule has 0 radical (unpaired) electrons. The van der Waals surface area contributed by atoms with Gasteiger partial charge in [-0.3, -0.25) is 0 Å². The van der Waals surface area contributed by atoms with Crippen LogP contribution in [0.1, 0.15) is 26.3 Å². The Morgan fingerprint density at radius 3 is 2.53 bits per heavy atom. The van der Waals surface area contributed by atoms with Crippen LogP contribution in [0.5, 0.6) is 0 Å². The Labute approximate surface area is 95.6 Å². The third kappa shape index (κ3) is 4.63. The van der Waals surface area contributed by atoms with E-state index in [-0.39, 0.29) is 16.4 Å². The molecule has 0 bridgehead atoms. The van der Waals surface area contributed by atoms with Crippen LogP contribution < -0.4 is 5.32 Å². The number of benzene rings is 1. The van der Waals surface area contributed by atoms with Crippen LogP contribution in [-0.2, 0) is 6.42 Å². The molecule has 1 nitrogen and oxygen atoms in total. The summed E-state index contributed by atoms with van der Waals surface area (Å²) in [6.07, 6.45) is 0.858. The molecule has 0 amide bonds. The second kappa shape index (κ2) is 4.95. The van der Waals surface area contributed by atoms with Gasteiger partial charge < -0.3 is 5.32 Å². The number of hydrogen-bond donors (Lipinski definition) is 1. The van der Waals surface area contributed by atoms with Gasteiger partial charge in [0.15, 0.2) is 0 Å². The minimum Gasteiger partial charge on any atom is -0.312 e. The molecule has 15 heavy (non-hydrogen) atoms. The molecular formula is C12H17ClFN. The van der Waals surface area contributed by atoms with Crippen molar-refractivity contribution in [2.75, 3.05) is 6.54 Å². The molecule has 0 heterocycles. The quantitative estimate of drug-likeness (QED) is 0.838. The van der Waals surface area contributed by atoms with Crippen LogP contribution in [0.15, 0.2) is 18.2 Å². The Balaban J connectivity index is 2.48. The molecular weight excluding hydrogens is 213 g/mol. The van der Waals surface area contributed by atoms with Gasteiger partial charge >= 0.3 is 0 Å². The fourth-order valence-corrected chi connectivity index (χ4v) is 1.48. The first-order chi connectivity index (χ1) is 6.88. The van der Waals surface area contributed by atoms with E-state index in [2.05, 4.69) is 26.1 Å². The van der Waals surface area contributed by atoms with Crippen LogP contribution in [0.4, 0.5) is 4.39 Å². The van der Waals surface area contributed by atoms with Gasteiger partial charge in [-0.15, -0.1) is 0 Å². The van der Waals surface area contributed by atoms with Crippen molar-refractivity contribution in [2.24, 2.45) is 0 Å². The minimum atomic E-state index is -0.357. The summed E-state index contributed by atoms with van der Waals surface area (Å²) in [4.78, 5) is 0. The van der Waals surface area contributed by atoms with E-state index in [4.69, 9.17) is 11.6 Å². The van der Waals surface area contributed by atoms with E-state index in [9.17, 15) is 4.39 Å². The van der Waals surface area contributed by atoms with Gasteiger partial charge in [-0.05, 0) is 51.4 Å². The van der Waals surface area contributed by atoms with E-state index in [1.54, 1.807) is 12.1 Å². The van der Waals surface area contributed by atoms with Gasteiger partial charge in [-0.1, -0.05) is 17.7 Å². The highest BCUT2D eigenvalue weighted by molar-refractivity contribution is 6.30. The van der Waals surface area contributed by atoms with Gasteiger partial charge in [0.25, 0.3) is 0 Å². The molecule has 1 aromatic carbocycles. The van der Waals surface area contributed by atoms with Crippen molar-refractivity contribution < 1.29 is 4.39 Å². The number of halogens is 2. The molecule has 0 aliphatic rings. The maximum atomic E-state index is 12.9. The molecule has 3 heteroatoms. The molecule has 0 saturated carbocycles. The summed E-state index contributed by atoms with van der Waals surface area (Å²) in [7, 11) is 0.